The van der Waals surface area contributed by atoms with E-state index in [4.69, 9.17) is 5.11 Å². The molecular formula is C17H28O2. The van der Waals surface area contributed by atoms with Gasteiger partial charge in [0.25, 0.3) is 0 Å². The minimum absolute atomic E-state index is 0.245. The fraction of sp³-hybridized carbons (Fsp3) is 0.706. The van der Waals surface area contributed by atoms with E-state index < -0.39 is 5.97 Å². The normalized spacial score (nSPS) is 26.0. The largest absolute Gasteiger partial charge is 0.481 e. The lowest BCUT2D eigenvalue weighted by Gasteiger charge is -2.42. The smallest absolute Gasteiger partial charge is 0.303 e. The number of allylic oxidation sites excluding steroid dienone is 4. The Morgan fingerprint density at radius 3 is 2.53 bits per heavy atom. The highest BCUT2D eigenvalue weighted by molar-refractivity contribution is 5.66. The van der Waals surface area contributed by atoms with Crippen LogP contribution in [0.5, 0.6) is 0 Å². The lowest BCUT2D eigenvalue weighted by molar-refractivity contribution is -0.136. The number of carboxylic acids is 1. The summed E-state index contributed by atoms with van der Waals surface area (Å²) in [4.78, 5) is 10.6. The third-order valence-electron chi connectivity index (χ3n) is 4.73. The first-order valence-electron chi connectivity index (χ1n) is 7.34. The molecule has 0 aliphatic heterocycles. The molecule has 1 N–H and O–H groups in total. The zero-order valence-corrected chi connectivity index (χ0v) is 13.0. The minimum atomic E-state index is -0.706. The van der Waals surface area contributed by atoms with Gasteiger partial charge in [-0.2, -0.15) is 0 Å². The molecule has 108 valence electrons. The lowest BCUT2D eigenvalue weighted by Crippen LogP contribution is -2.30. The predicted octanol–water partition coefficient (Wildman–Crippen LogP) is 4.96. The van der Waals surface area contributed by atoms with Gasteiger partial charge in [-0.1, -0.05) is 43.6 Å². The first-order valence-corrected chi connectivity index (χ1v) is 7.34. The molecule has 1 saturated carbocycles. The molecule has 2 nitrogen and oxygen atoms in total. The van der Waals surface area contributed by atoms with Crippen molar-refractivity contribution in [1.82, 2.24) is 0 Å². The third-order valence-corrected chi connectivity index (χ3v) is 4.73. The second kappa shape index (κ2) is 6.40. The van der Waals surface area contributed by atoms with Crippen LogP contribution >= 0.6 is 0 Å². The van der Waals surface area contributed by atoms with Crippen molar-refractivity contribution in [2.75, 3.05) is 0 Å². The van der Waals surface area contributed by atoms with E-state index in [0.29, 0.717) is 17.8 Å². The summed E-state index contributed by atoms with van der Waals surface area (Å²) in [5.41, 5.74) is 4.73. The van der Waals surface area contributed by atoms with E-state index in [2.05, 4.69) is 40.7 Å². The molecule has 1 atom stereocenters. The topological polar surface area (TPSA) is 37.3 Å². The molecule has 0 bridgehead atoms. The number of carbonyl (C=O) groups is 1. The fourth-order valence-corrected chi connectivity index (χ4v) is 3.05. The Morgan fingerprint density at radius 2 is 2.05 bits per heavy atom. The van der Waals surface area contributed by atoms with Gasteiger partial charge in [0.1, 0.15) is 0 Å². The average molecular weight is 264 g/mol. The van der Waals surface area contributed by atoms with Crippen molar-refractivity contribution >= 4 is 5.97 Å². The summed E-state index contributed by atoms with van der Waals surface area (Å²) >= 11 is 0. The summed E-state index contributed by atoms with van der Waals surface area (Å²) in [6.45, 7) is 11.4. The molecule has 0 amide bonds. The van der Waals surface area contributed by atoms with Crippen LogP contribution in [0.4, 0.5) is 0 Å². The standard InChI is InChI=1S/C17H28O2/c1-12(2)15-11-14(7-6-8-16(18)19)9-10-17(15,5)13(3)4/h7,13H,6,8-11H2,1-5H3,(H,18,19)/t17-/m1/s1. The van der Waals surface area contributed by atoms with Crippen LogP contribution in [0.1, 0.15) is 66.7 Å². The van der Waals surface area contributed by atoms with Gasteiger partial charge >= 0.3 is 5.97 Å². The van der Waals surface area contributed by atoms with Gasteiger partial charge in [0.05, 0.1) is 0 Å². The average Bonchev–Trinajstić information content (AvgIpc) is 2.30. The zero-order chi connectivity index (χ0) is 14.6. The molecular weight excluding hydrogens is 236 g/mol. The number of carboxylic acid groups (broad SMARTS) is 1. The van der Waals surface area contributed by atoms with E-state index in [1.54, 1.807) is 5.57 Å². The van der Waals surface area contributed by atoms with Crippen LogP contribution in [0.25, 0.3) is 0 Å². The summed E-state index contributed by atoms with van der Waals surface area (Å²) in [6.07, 6.45) is 6.40. The SMILES string of the molecule is CC(C)=C1CC(=CCCC(=O)O)CC[C@]1(C)C(C)C. The van der Waals surface area contributed by atoms with Crippen LogP contribution in [0.15, 0.2) is 22.8 Å². The van der Waals surface area contributed by atoms with Crippen LogP contribution in [0.2, 0.25) is 0 Å². The molecule has 1 fully saturated rings. The molecule has 19 heavy (non-hydrogen) atoms. The van der Waals surface area contributed by atoms with Gasteiger partial charge in [-0.05, 0) is 50.9 Å². The number of hydrogen-bond acceptors (Lipinski definition) is 1. The molecule has 0 radical (unpaired) electrons. The van der Waals surface area contributed by atoms with Crippen molar-refractivity contribution in [3.05, 3.63) is 22.8 Å². The van der Waals surface area contributed by atoms with Crippen LogP contribution in [-0.4, -0.2) is 11.1 Å². The molecule has 0 heterocycles. The van der Waals surface area contributed by atoms with Crippen molar-refractivity contribution < 1.29 is 9.90 Å². The van der Waals surface area contributed by atoms with Gasteiger partial charge in [-0.15, -0.1) is 0 Å². The monoisotopic (exact) mass is 264 g/mol. The van der Waals surface area contributed by atoms with Gasteiger partial charge in [-0.25, -0.2) is 0 Å². The summed E-state index contributed by atoms with van der Waals surface area (Å²) in [5, 5.41) is 8.70. The molecule has 1 aliphatic carbocycles. The van der Waals surface area contributed by atoms with E-state index in [1.807, 2.05) is 0 Å². The molecule has 0 aromatic rings. The number of hydrogen-bond donors (Lipinski definition) is 1. The van der Waals surface area contributed by atoms with Crippen LogP contribution in [0, 0.1) is 11.3 Å². The molecule has 1 aliphatic rings. The van der Waals surface area contributed by atoms with Crippen LogP contribution in [-0.2, 0) is 4.79 Å². The number of aliphatic carboxylic acids is 1. The van der Waals surface area contributed by atoms with Crippen molar-refractivity contribution in [1.29, 1.82) is 0 Å². The maximum Gasteiger partial charge on any atom is 0.303 e. The highest BCUT2D eigenvalue weighted by Gasteiger charge is 2.36. The van der Waals surface area contributed by atoms with E-state index >= 15 is 0 Å². The van der Waals surface area contributed by atoms with Crippen molar-refractivity contribution in [2.45, 2.75) is 66.7 Å². The maximum absolute atomic E-state index is 10.6. The van der Waals surface area contributed by atoms with Crippen molar-refractivity contribution in [3.63, 3.8) is 0 Å². The first-order chi connectivity index (χ1) is 8.77. The van der Waals surface area contributed by atoms with E-state index in [1.165, 1.54) is 17.6 Å². The Hall–Kier alpha value is -1.05. The summed E-state index contributed by atoms with van der Waals surface area (Å²) < 4.78 is 0. The lowest BCUT2D eigenvalue weighted by atomic mass is 9.63. The molecule has 0 spiro atoms. The van der Waals surface area contributed by atoms with Gasteiger partial charge < -0.3 is 5.11 Å². The zero-order valence-electron chi connectivity index (χ0n) is 13.0. The Balaban J connectivity index is 2.84. The van der Waals surface area contributed by atoms with Crippen molar-refractivity contribution in [2.24, 2.45) is 11.3 Å². The highest BCUT2D eigenvalue weighted by Crippen LogP contribution is 2.49. The number of rotatable bonds is 4. The molecule has 0 saturated heterocycles. The highest BCUT2D eigenvalue weighted by atomic mass is 16.4. The minimum Gasteiger partial charge on any atom is -0.481 e. The Kier molecular flexibility index (Phi) is 5.39. The Labute approximate surface area is 117 Å². The second-order valence-electron chi connectivity index (χ2n) is 6.52. The van der Waals surface area contributed by atoms with Crippen molar-refractivity contribution in [3.8, 4) is 0 Å². The van der Waals surface area contributed by atoms with E-state index in [0.717, 1.165) is 12.8 Å². The Morgan fingerprint density at radius 1 is 1.42 bits per heavy atom. The van der Waals surface area contributed by atoms with E-state index in [-0.39, 0.29) is 6.42 Å². The molecule has 1 rings (SSSR count). The van der Waals surface area contributed by atoms with Gasteiger partial charge in [0.2, 0.25) is 0 Å². The summed E-state index contributed by atoms with van der Waals surface area (Å²) in [5.74, 6) is -0.0555. The first kappa shape index (κ1) is 16.0. The van der Waals surface area contributed by atoms with Gasteiger partial charge in [0.15, 0.2) is 0 Å². The molecule has 0 unspecified atom stereocenters. The predicted molar refractivity (Wildman–Crippen MR) is 80.1 cm³/mol. The second-order valence-corrected chi connectivity index (χ2v) is 6.52. The maximum atomic E-state index is 10.6. The summed E-state index contributed by atoms with van der Waals surface area (Å²) in [6, 6.07) is 0. The fourth-order valence-electron chi connectivity index (χ4n) is 3.05. The van der Waals surface area contributed by atoms with E-state index in [9.17, 15) is 4.79 Å². The van der Waals surface area contributed by atoms with Gasteiger partial charge in [-0.3, -0.25) is 4.79 Å². The van der Waals surface area contributed by atoms with Gasteiger partial charge in [0, 0.05) is 6.42 Å². The van der Waals surface area contributed by atoms with Crippen LogP contribution < -0.4 is 0 Å². The molecule has 0 aromatic carbocycles. The van der Waals surface area contributed by atoms with Crippen LogP contribution in [0.3, 0.4) is 0 Å². The third kappa shape index (κ3) is 3.95. The quantitative estimate of drug-likeness (QED) is 0.729. The molecule has 0 aromatic heterocycles. The Bertz CT molecular complexity index is 397. The summed E-state index contributed by atoms with van der Waals surface area (Å²) in [7, 11) is 0. The molecule has 2 heteroatoms.